The van der Waals surface area contributed by atoms with Crippen molar-refractivity contribution in [3.05, 3.63) is 72.8 Å². The fourth-order valence-corrected chi connectivity index (χ4v) is 2.63. The van der Waals surface area contributed by atoms with Crippen LogP contribution in [-0.2, 0) is 0 Å². The van der Waals surface area contributed by atoms with Crippen molar-refractivity contribution in [3.63, 3.8) is 0 Å². The molecule has 4 aromatic rings. The fraction of sp³-hybridized carbons (Fsp3) is 0. The normalized spacial score (nSPS) is 10.7. The van der Waals surface area contributed by atoms with E-state index in [4.69, 9.17) is 0 Å². The maximum Gasteiger partial charge on any atom is -0.0171 e. The second-order valence-corrected chi connectivity index (χ2v) is 4.75. The van der Waals surface area contributed by atoms with Gasteiger partial charge in [-0.1, -0.05) is 48.5 Å². The van der Waals surface area contributed by atoms with E-state index in [1.165, 1.54) is 32.3 Å². The maximum absolute atomic E-state index is 2.27. The molecule has 0 aliphatic rings. The van der Waals surface area contributed by atoms with Gasteiger partial charge in [0.15, 0.2) is 0 Å². The van der Waals surface area contributed by atoms with Gasteiger partial charge in [0.25, 0.3) is 0 Å². The minimum absolute atomic E-state index is 0. The van der Waals surface area contributed by atoms with E-state index in [1.807, 2.05) is 0 Å². The van der Waals surface area contributed by atoms with Crippen molar-refractivity contribution < 1.29 is 0 Å². The summed E-state index contributed by atoms with van der Waals surface area (Å²) in [5, 5.41) is 7.85. The van der Waals surface area contributed by atoms with E-state index in [1.54, 1.807) is 0 Å². The molecule has 4 aromatic carbocycles. The summed E-state index contributed by atoms with van der Waals surface area (Å²) < 4.78 is 0. The third kappa shape index (κ3) is 2.10. The zero-order valence-electron chi connectivity index (χ0n) is 10.4. The van der Waals surface area contributed by atoms with E-state index in [0.29, 0.717) is 0 Å². The van der Waals surface area contributed by atoms with Crippen LogP contribution in [0.1, 0.15) is 0 Å². The van der Waals surface area contributed by atoms with Gasteiger partial charge in [-0.05, 0) is 56.6 Å². The number of rotatable bonds is 0. The van der Waals surface area contributed by atoms with Crippen molar-refractivity contribution in [1.29, 1.82) is 0 Å². The molecule has 0 N–H and O–H groups in total. The molecule has 1 heteroatoms. The summed E-state index contributed by atoms with van der Waals surface area (Å²) in [5.74, 6) is 0. The van der Waals surface area contributed by atoms with Gasteiger partial charge >= 0.3 is 23.7 Å². The van der Waals surface area contributed by atoms with Gasteiger partial charge in [-0.3, -0.25) is 0 Å². The van der Waals surface area contributed by atoms with E-state index >= 15 is 0 Å². The van der Waals surface area contributed by atoms with Crippen LogP contribution in [-0.4, -0.2) is 23.7 Å². The second kappa shape index (κ2) is 4.85. The van der Waals surface area contributed by atoms with Crippen LogP contribution < -0.4 is 0 Å². The molecule has 0 fully saturated rings. The van der Waals surface area contributed by atoms with Crippen LogP contribution in [0.2, 0.25) is 0 Å². The van der Waals surface area contributed by atoms with Gasteiger partial charge in [-0.15, -0.1) is 0 Å². The number of benzene rings is 4. The molecular weight excluding hydrogens is 344 g/mol. The molecule has 19 heavy (non-hydrogen) atoms. The molecule has 0 saturated heterocycles. The summed E-state index contributed by atoms with van der Waals surface area (Å²) >= 11 is 0. The Balaban J connectivity index is 0.00000110. The van der Waals surface area contributed by atoms with Crippen molar-refractivity contribution in [2.24, 2.45) is 0 Å². The van der Waals surface area contributed by atoms with Crippen molar-refractivity contribution in [3.8, 4) is 0 Å². The van der Waals surface area contributed by atoms with Gasteiger partial charge in [0, 0.05) is 0 Å². The van der Waals surface area contributed by atoms with Gasteiger partial charge < -0.3 is 0 Å². The smallest absolute Gasteiger partial charge is 0.0171 e. The molecule has 0 aromatic heterocycles. The fourth-order valence-electron chi connectivity index (χ4n) is 2.63. The summed E-state index contributed by atoms with van der Waals surface area (Å²) in [6, 6.07) is 26.2. The molecule has 0 unspecified atom stereocenters. The van der Waals surface area contributed by atoms with E-state index in [2.05, 4.69) is 72.8 Å². The quantitative estimate of drug-likeness (QED) is 0.326. The monoisotopic (exact) mass is 360 g/mol. The summed E-state index contributed by atoms with van der Waals surface area (Å²) in [5.41, 5.74) is 0. The van der Waals surface area contributed by atoms with Crippen LogP contribution in [0.25, 0.3) is 32.3 Å². The van der Waals surface area contributed by atoms with Crippen molar-refractivity contribution in [2.75, 3.05) is 0 Å². The van der Waals surface area contributed by atoms with Crippen LogP contribution in [0.15, 0.2) is 72.8 Å². The van der Waals surface area contributed by atoms with Crippen LogP contribution in [0.3, 0.4) is 0 Å². The van der Waals surface area contributed by atoms with Crippen LogP contribution in [0.5, 0.6) is 0 Å². The number of hydrogen-bond acceptors (Lipinski definition) is 0. The third-order valence-corrected chi connectivity index (χ3v) is 3.57. The summed E-state index contributed by atoms with van der Waals surface area (Å²) in [6.07, 6.45) is 0. The Kier molecular flexibility index (Phi) is 3.19. The first-order valence-electron chi connectivity index (χ1n) is 6.21. The largest absolute Gasteiger partial charge is 0.0616 e. The predicted molar refractivity (Wildman–Crippen MR) is 87.5 cm³/mol. The Morgan fingerprint density at radius 2 is 0.632 bits per heavy atom. The average Bonchev–Trinajstić information content (AvgIpc) is 2.42. The molecule has 0 bridgehead atoms. The van der Waals surface area contributed by atoms with E-state index in [9.17, 15) is 0 Å². The molecule has 0 aliphatic carbocycles. The topological polar surface area (TPSA) is 0 Å². The molecule has 0 spiro atoms. The van der Waals surface area contributed by atoms with Crippen molar-refractivity contribution in [2.45, 2.75) is 0 Å². The first kappa shape index (κ1) is 12.5. The van der Waals surface area contributed by atoms with Gasteiger partial charge in [-0.2, -0.15) is 0 Å². The molecule has 0 radical (unpaired) electrons. The minimum Gasteiger partial charge on any atom is -0.0616 e. The van der Waals surface area contributed by atoms with E-state index in [0.717, 1.165) is 0 Å². The summed E-state index contributed by atoms with van der Waals surface area (Å²) in [4.78, 5) is 0. The number of hydrogen-bond donors (Lipinski definition) is 0. The Labute approximate surface area is 128 Å². The summed E-state index contributed by atoms with van der Waals surface area (Å²) in [6.45, 7) is 0. The van der Waals surface area contributed by atoms with Gasteiger partial charge in [0.2, 0.25) is 0 Å². The molecule has 92 valence electrons. The van der Waals surface area contributed by atoms with Crippen LogP contribution in [0.4, 0.5) is 0 Å². The van der Waals surface area contributed by atoms with Gasteiger partial charge in [0.1, 0.15) is 0 Å². The van der Waals surface area contributed by atoms with Crippen molar-refractivity contribution >= 4 is 56.0 Å². The summed E-state index contributed by atoms with van der Waals surface area (Å²) in [7, 11) is 0. The zero-order valence-corrected chi connectivity index (χ0v) is 13.3. The Morgan fingerprint density at radius 3 is 0.895 bits per heavy atom. The average molecular weight is 358 g/mol. The molecular formula is C18H14Te. The zero-order chi connectivity index (χ0) is 11.9. The Morgan fingerprint density at radius 1 is 0.368 bits per heavy atom. The molecule has 4 rings (SSSR count). The molecule has 0 amide bonds. The number of fused-ring (bicyclic) bond motifs is 3. The third-order valence-electron chi connectivity index (χ3n) is 3.57. The first-order valence-corrected chi connectivity index (χ1v) is 6.21. The first-order chi connectivity index (χ1) is 8.90. The minimum atomic E-state index is 0. The Bertz CT molecular complexity index is 734. The van der Waals surface area contributed by atoms with Crippen LogP contribution in [0, 0.1) is 0 Å². The molecule has 0 aliphatic heterocycles. The van der Waals surface area contributed by atoms with Crippen LogP contribution >= 0.6 is 0 Å². The maximum atomic E-state index is 2.27. The predicted octanol–water partition coefficient (Wildman–Crippen LogP) is 4.23. The van der Waals surface area contributed by atoms with Crippen molar-refractivity contribution in [1.82, 2.24) is 0 Å². The SMILES string of the molecule is [TeH2].c1ccc2cc3cc4ccccc4cc3cc2c1. The molecule has 0 atom stereocenters. The molecule has 0 saturated carbocycles. The standard InChI is InChI=1S/C18H12.H2Te/c1-2-6-14-10-18-12-16-8-4-3-7-15(16)11-17(18)9-13(14)5-1;/h1-12H;1H2. The molecule has 0 nitrogen and oxygen atoms in total. The second-order valence-electron chi connectivity index (χ2n) is 4.75. The Hall–Kier alpha value is -1.55. The van der Waals surface area contributed by atoms with E-state index < -0.39 is 0 Å². The van der Waals surface area contributed by atoms with Gasteiger partial charge in [0.05, 0.1) is 0 Å². The molecule has 0 heterocycles. The van der Waals surface area contributed by atoms with Gasteiger partial charge in [-0.25, -0.2) is 0 Å². The van der Waals surface area contributed by atoms with E-state index in [-0.39, 0.29) is 23.7 Å².